The van der Waals surface area contributed by atoms with Gasteiger partial charge in [-0.2, -0.15) is 0 Å². The molecular weight excluding hydrogens is 558 g/mol. The highest BCUT2D eigenvalue weighted by molar-refractivity contribution is 5.81. The fraction of sp³-hybridized carbons (Fsp3) is 0. The lowest BCUT2D eigenvalue weighted by atomic mass is 10.1. The molecule has 0 heterocycles. The Bertz CT molecular complexity index is 1820. The Morgan fingerprint density at radius 2 is 0.717 bits per heavy atom. The first-order valence-corrected chi connectivity index (χ1v) is 15.4. The van der Waals surface area contributed by atoms with Gasteiger partial charge in [0.05, 0.1) is 5.69 Å². The Balaban J connectivity index is 1.27. The minimum absolute atomic E-state index is 0.777. The van der Waals surface area contributed by atoms with E-state index in [-0.39, 0.29) is 0 Å². The molecule has 0 aliphatic carbocycles. The molecule has 0 spiro atoms. The van der Waals surface area contributed by atoms with Gasteiger partial charge in [0.15, 0.2) is 5.75 Å². The number of para-hydroxylation sites is 3. The van der Waals surface area contributed by atoms with Crippen LogP contribution in [0.1, 0.15) is 22.3 Å². The van der Waals surface area contributed by atoms with Crippen molar-refractivity contribution in [1.82, 2.24) is 0 Å². The van der Waals surface area contributed by atoms with Crippen LogP contribution in [0.4, 0.5) is 17.1 Å². The van der Waals surface area contributed by atoms with Crippen LogP contribution in [0.25, 0.3) is 24.3 Å². The molecule has 6 aromatic rings. The van der Waals surface area contributed by atoms with E-state index < -0.39 is 0 Å². The number of hydrogen-bond donors (Lipinski definition) is 0. The Morgan fingerprint density at radius 1 is 0.348 bits per heavy atom. The van der Waals surface area contributed by atoms with Gasteiger partial charge in [-0.1, -0.05) is 164 Å². The van der Waals surface area contributed by atoms with Crippen molar-refractivity contribution in [1.29, 1.82) is 0 Å². The van der Waals surface area contributed by atoms with Crippen molar-refractivity contribution in [2.75, 3.05) is 4.90 Å². The fourth-order valence-electron chi connectivity index (χ4n) is 5.03. The fourth-order valence-corrected chi connectivity index (χ4v) is 5.03. The van der Waals surface area contributed by atoms with Crippen LogP contribution in [0.5, 0.6) is 11.5 Å². The number of nitrogens with zero attached hydrogens (tertiary/aromatic N) is 1. The second kappa shape index (κ2) is 15.6. The minimum Gasteiger partial charge on any atom is -0.455 e. The zero-order valence-corrected chi connectivity index (χ0v) is 25.6. The lowest BCUT2D eigenvalue weighted by molar-refractivity contribution is 0.484. The maximum Gasteiger partial charge on any atom is 0.151 e. The Labute approximate surface area is 272 Å². The van der Waals surface area contributed by atoms with Crippen LogP contribution in [0, 0.1) is 0 Å². The minimum atomic E-state index is 0.777. The summed E-state index contributed by atoms with van der Waals surface area (Å²) >= 11 is 0. The Kier molecular flexibility index (Phi) is 10.1. The molecule has 0 saturated carbocycles. The first-order valence-electron chi connectivity index (χ1n) is 15.4. The number of benzene rings is 6. The standard InChI is InChI=1S/C44H35NO/c1-4-16-36(17-5-1)20-10-12-22-38-28-32-40(33-29-38)45(43-26-14-15-27-44(43)46-42-24-8-3-9-25-42)41-34-30-39(31-35-41)23-13-11-21-37-18-6-2-7-19-37/h1-35H. The molecule has 6 aromatic carbocycles. The van der Waals surface area contributed by atoms with Crippen LogP contribution in [-0.4, -0.2) is 0 Å². The van der Waals surface area contributed by atoms with Crippen LogP contribution in [-0.2, 0) is 0 Å². The van der Waals surface area contributed by atoms with Gasteiger partial charge < -0.3 is 9.64 Å². The van der Waals surface area contributed by atoms with Gasteiger partial charge in [0.1, 0.15) is 5.75 Å². The first kappa shape index (κ1) is 29.9. The zero-order chi connectivity index (χ0) is 31.2. The predicted octanol–water partition coefficient (Wildman–Crippen LogP) is 12.4. The van der Waals surface area contributed by atoms with E-state index in [9.17, 15) is 0 Å². The van der Waals surface area contributed by atoms with E-state index in [4.69, 9.17) is 4.74 Å². The molecule has 0 amide bonds. The van der Waals surface area contributed by atoms with Crippen molar-refractivity contribution in [3.63, 3.8) is 0 Å². The molecule has 2 nitrogen and oxygen atoms in total. The highest BCUT2D eigenvalue weighted by atomic mass is 16.5. The molecule has 0 atom stereocenters. The van der Waals surface area contributed by atoms with Crippen molar-refractivity contribution in [3.8, 4) is 11.5 Å². The summed E-state index contributed by atoms with van der Waals surface area (Å²) in [6.45, 7) is 0. The molecule has 0 saturated heterocycles. The molecule has 0 aromatic heterocycles. The maximum atomic E-state index is 6.41. The van der Waals surface area contributed by atoms with Crippen LogP contribution in [0.15, 0.2) is 188 Å². The average molecular weight is 594 g/mol. The van der Waals surface area contributed by atoms with Crippen LogP contribution >= 0.6 is 0 Å². The SMILES string of the molecule is C(C=Cc1ccc(N(c2ccc(C=CC=Cc3ccccc3)cc2)c2ccccc2Oc2ccccc2)cc1)=Cc1ccccc1. The van der Waals surface area contributed by atoms with Gasteiger partial charge in [-0.3, -0.25) is 0 Å². The van der Waals surface area contributed by atoms with Gasteiger partial charge in [0.2, 0.25) is 0 Å². The van der Waals surface area contributed by atoms with E-state index in [0.717, 1.165) is 39.7 Å². The van der Waals surface area contributed by atoms with E-state index in [1.807, 2.05) is 84.9 Å². The highest BCUT2D eigenvalue weighted by Crippen LogP contribution is 2.41. The summed E-state index contributed by atoms with van der Waals surface area (Å²) in [7, 11) is 0. The summed E-state index contributed by atoms with van der Waals surface area (Å²) in [4.78, 5) is 2.24. The highest BCUT2D eigenvalue weighted by Gasteiger charge is 2.17. The smallest absolute Gasteiger partial charge is 0.151 e. The van der Waals surface area contributed by atoms with Crippen LogP contribution < -0.4 is 9.64 Å². The molecule has 0 bridgehead atoms. The third-order valence-corrected chi connectivity index (χ3v) is 7.36. The summed E-state index contributed by atoms with van der Waals surface area (Å²) in [5, 5.41) is 0. The lowest BCUT2D eigenvalue weighted by Crippen LogP contribution is -2.11. The van der Waals surface area contributed by atoms with E-state index in [0.29, 0.717) is 0 Å². The molecule has 0 unspecified atom stereocenters. The normalized spacial score (nSPS) is 11.6. The number of hydrogen-bond acceptors (Lipinski definition) is 2. The maximum absolute atomic E-state index is 6.41. The number of rotatable bonds is 11. The lowest BCUT2D eigenvalue weighted by Gasteiger charge is -2.27. The molecule has 6 rings (SSSR count). The molecule has 0 aliphatic heterocycles. The summed E-state index contributed by atoms with van der Waals surface area (Å²) in [6.07, 6.45) is 16.7. The third kappa shape index (κ3) is 8.28. The van der Waals surface area contributed by atoms with E-state index in [1.165, 1.54) is 11.1 Å². The summed E-state index contributed by atoms with van der Waals surface area (Å²) in [5.74, 6) is 1.57. The molecule has 0 aliphatic rings. The molecular formula is C44H35NO. The predicted molar refractivity (Wildman–Crippen MR) is 197 cm³/mol. The van der Waals surface area contributed by atoms with Crippen molar-refractivity contribution in [2.45, 2.75) is 0 Å². The molecule has 0 radical (unpaired) electrons. The average Bonchev–Trinajstić information content (AvgIpc) is 3.12. The van der Waals surface area contributed by atoms with Crippen molar-refractivity contribution >= 4 is 41.4 Å². The van der Waals surface area contributed by atoms with Gasteiger partial charge in [0.25, 0.3) is 0 Å². The summed E-state index contributed by atoms with van der Waals surface area (Å²) < 4.78 is 6.41. The zero-order valence-electron chi connectivity index (χ0n) is 25.6. The first-order chi connectivity index (χ1) is 22.8. The molecule has 2 heteroatoms. The van der Waals surface area contributed by atoms with E-state index in [1.54, 1.807) is 0 Å². The van der Waals surface area contributed by atoms with Crippen molar-refractivity contribution in [2.24, 2.45) is 0 Å². The van der Waals surface area contributed by atoms with E-state index >= 15 is 0 Å². The van der Waals surface area contributed by atoms with Crippen molar-refractivity contribution in [3.05, 3.63) is 210 Å². The van der Waals surface area contributed by atoms with Gasteiger partial charge in [-0.05, 0) is 70.8 Å². The Hall–Kier alpha value is -6.12. The molecule has 222 valence electrons. The summed E-state index contributed by atoms with van der Waals surface area (Å²) in [6, 6.07) is 55.9. The number of allylic oxidation sites excluding steroid dienone is 4. The number of ether oxygens (including phenoxy) is 1. The topological polar surface area (TPSA) is 12.5 Å². The monoisotopic (exact) mass is 593 g/mol. The second-order valence-electron chi connectivity index (χ2n) is 10.7. The van der Waals surface area contributed by atoms with E-state index in [2.05, 4.69) is 132 Å². The summed E-state index contributed by atoms with van der Waals surface area (Å²) in [5.41, 5.74) is 7.64. The molecule has 0 N–H and O–H groups in total. The van der Waals surface area contributed by atoms with Crippen molar-refractivity contribution < 1.29 is 4.74 Å². The van der Waals surface area contributed by atoms with Gasteiger partial charge in [-0.15, -0.1) is 0 Å². The van der Waals surface area contributed by atoms with Gasteiger partial charge >= 0.3 is 0 Å². The second-order valence-corrected chi connectivity index (χ2v) is 10.7. The van der Waals surface area contributed by atoms with Crippen LogP contribution in [0.2, 0.25) is 0 Å². The van der Waals surface area contributed by atoms with Gasteiger partial charge in [-0.25, -0.2) is 0 Å². The Morgan fingerprint density at radius 3 is 1.17 bits per heavy atom. The molecule has 0 fully saturated rings. The quantitative estimate of drug-likeness (QED) is 0.139. The molecule has 46 heavy (non-hydrogen) atoms. The van der Waals surface area contributed by atoms with Crippen LogP contribution in [0.3, 0.4) is 0 Å². The number of anilines is 3. The third-order valence-electron chi connectivity index (χ3n) is 7.36. The van der Waals surface area contributed by atoms with Gasteiger partial charge in [0, 0.05) is 11.4 Å². The largest absolute Gasteiger partial charge is 0.455 e.